The van der Waals surface area contributed by atoms with Crippen LogP contribution in [0.15, 0.2) is 12.5 Å². The summed E-state index contributed by atoms with van der Waals surface area (Å²) in [4.78, 5) is 4.11. The molecule has 1 rings (SSSR count). The van der Waals surface area contributed by atoms with Crippen molar-refractivity contribution < 1.29 is 0 Å². The molecule has 0 aromatic carbocycles. The fourth-order valence-corrected chi connectivity index (χ4v) is 1.59. The van der Waals surface area contributed by atoms with Gasteiger partial charge >= 0.3 is 0 Å². The van der Waals surface area contributed by atoms with E-state index in [2.05, 4.69) is 37.1 Å². The molecule has 0 aliphatic heterocycles. The molecule has 0 radical (unpaired) electrons. The molecule has 16 heavy (non-hydrogen) atoms. The average Bonchev–Trinajstić information content (AvgIpc) is 2.74. The molecule has 0 aliphatic rings. The number of hydrogen-bond donors (Lipinski definition) is 1. The number of rotatable bonds is 6. The van der Waals surface area contributed by atoms with Crippen LogP contribution < -0.4 is 5.32 Å². The lowest BCUT2D eigenvalue weighted by molar-refractivity contribution is 0.479. The summed E-state index contributed by atoms with van der Waals surface area (Å²) in [5.74, 6) is 0. The molecule has 4 heteroatoms. The molecule has 1 N–H and O–H groups in total. The highest BCUT2D eigenvalue weighted by Crippen LogP contribution is 2.13. The lowest BCUT2D eigenvalue weighted by atomic mass is 10.2. The van der Waals surface area contributed by atoms with Gasteiger partial charge in [0.25, 0.3) is 0 Å². The van der Waals surface area contributed by atoms with Crippen LogP contribution in [0.1, 0.15) is 45.3 Å². The van der Waals surface area contributed by atoms with Gasteiger partial charge in [0.1, 0.15) is 6.04 Å². The summed E-state index contributed by atoms with van der Waals surface area (Å²) in [5.41, 5.74) is 0.963. The lowest BCUT2D eigenvalue weighted by Crippen LogP contribution is -2.30. The number of nitrogens with zero attached hydrogens (tertiary/aromatic N) is 3. The molecule has 0 fully saturated rings. The SMILES string of the molecule is CCCn1cncc1C(C#N)NC(C)CC. The predicted molar refractivity (Wildman–Crippen MR) is 63.8 cm³/mol. The molecule has 0 aliphatic carbocycles. The van der Waals surface area contributed by atoms with Crippen LogP contribution in [0.3, 0.4) is 0 Å². The first-order valence-electron chi connectivity index (χ1n) is 5.88. The van der Waals surface area contributed by atoms with Gasteiger partial charge in [0.05, 0.1) is 24.3 Å². The lowest BCUT2D eigenvalue weighted by Gasteiger charge is -2.17. The summed E-state index contributed by atoms with van der Waals surface area (Å²) in [6.07, 6.45) is 5.63. The van der Waals surface area contributed by atoms with Gasteiger partial charge in [-0.15, -0.1) is 0 Å². The summed E-state index contributed by atoms with van der Waals surface area (Å²) in [5, 5.41) is 12.5. The first kappa shape index (κ1) is 12.7. The summed E-state index contributed by atoms with van der Waals surface area (Å²) in [6.45, 7) is 7.23. The number of hydrogen-bond acceptors (Lipinski definition) is 3. The first-order chi connectivity index (χ1) is 7.72. The zero-order valence-electron chi connectivity index (χ0n) is 10.3. The average molecular weight is 220 g/mol. The molecule has 0 saturated heterocycles. The van der Waals surface area contributed by atoms with E-state index in [1.807, 2.05) is 4.57 Å². The van der Waals surface area contributed by atoms with E-state index < -0.39 is 0 Å². The highest BCUT2D eigenvalue weighted by molar-refractivity contribution is 5.14. The van der Waals surface area contributed by atoms with Crippen molar-refractivity contribution >= 4 is 0 Å². The van der Waals surface area contributed by atoms with Crippen molar-refractivity contribution in [3.63, 3.8) is 0 Å². The highest BCUT2D eigenvalue weighted by atomic mass is 15.1. The van der Waals surface area contributed by atoms with Crippen molar-refractivity contribution in [1.29, 1.82) is 5.26 Å². The molecule has 0 saturated carbocycles. The standard InChI is InChI=1S/C12H20N4/c1-4-6-16-9-14-8-12(16)11(7-13)15-10(3)5-2/h8-11,15H,4-6H2,1-3H3. The van der Waals surface area contributed by atoms with Gasteiger partial charge in [-0.05, 0) is 19.8 Å². The normalized spacial score (nSPS) is 14.4. The van der Waals surface area contributed by atoms with Crippen LogP contribution in [0.5, 0.6) is 0 Å². The topological polar surface area (TPSA) is 53.6 Å². The Bertz CT molecular complexity index is 350. The van der Waals surface area contributed by atoms with Gasteiger partial charge in [-0.1, -0.05) is 13.8 Å². The smallest absolute Gasteiger partial charge is 0.138 e. The molecule has 88 valence electrons. The Morgan fingerprint density at radius 1 is 1.56 bits per heavy atom. The van der Waals surface area contributed by atoms with Crippen LogP contribution in [0.4, 0.5) is 0 Å². The maximum Gasteiger partial charge on any atom is 0.138 e. The first-order valence-corrected chi connectivity index (χ1v) is 5.88. The van der Waals surface area contributed by atoms with Crippen molar-refractivity contribution in [3.8, 4) is 6.07 Å². The van der Waals surface area contributed by atoms with Crippen molar-refractivity contribution in [2.24, 2.45) is 0 Å². The van der Waals surface area contributed by atoms with Crippen LogP contribution in [-0.2, 0) is 6.54 Å². The largest absolute Gasteiger partial charge is 0.332 e. The molecule has 1 aromatic rings. The molecular formula is C12H20N4. The van der Waals surface area contributed by atoms with E-state index in [4.69, 9.17) is 0 Å². The summed E-state index contributed by atoms with van der Waals surface area (Å²) < 4.78 is 2.04. The second kappa shape index (κ2) is 6.29. The minimum atomic E-state index is -0.260. The van der Waals surface area contributed by atoms with Gasteiger partial charge in [-0.3, -0.25) is 5.32 Å². The number of nitriles is 1. The van der Waals surface area contributed by atoms with E-state index in [1.165, 1.54) is 0 Å². The monoisotopic (exact) mass is 220 g/mol. The van der Waals surface area contributed by atoms with Gasteiger partial charge < -0.3 is 4.57 Å². The summed E-state index contributed by atoms with van der Waals surface area (Å²) >= 11 is 0. The molecular weight excluding hydrogens is 200 g/mol. The van der Waals surface area contributed by atoms with Crippen LogP contribution in [0, 0.1) is 11.3 Å². The number of nitrogens with one attached hydrogen (secondary N) is 1. The Morgan fingerprint density at radius 2 is 2.31 bits per heavy atom. The van der Waals surface area contributed by atoms with Crippen LogP contribution >= 0.6 is 0 Å². The van der Waals surface area contributed by atoms with Gasteiger partial charge in [0.2, 0.25) is 0 Å². The minimum Gasteiger partial charge on any atom is -0.332 e. The Labute approximate surface area is 97.3 Å². The van der Waals surface area contributed by atoms with Crippen LogP contribution in [-0.4, -0.2) is 15.6 Å². The molecule has 2 atom stereocenters. The highest BCUT2D eigenvalue weighted by Gasteiger charge is 2.16. The van der Waals surface area contributed by atoms with Crippen molar-refractivity contribution in [1.82, 2.24) is 14.9 Å². The van der Waals surface area contributed by atoms with Crippen LogP contribution in [0.2, 0.25) is 0 Å². The number of imidazole rings is 1. The van der Waals surface area contributed by atoms with Crippen molar-refractivity contribution in [2.75, 3.05) is 0 Å². The third kappa shape index (κ3) is 3.07. The zero-order chi connectivity index (χ0) is 12.0. The van der Waals surface area contributed by atoms with Gasteiger partial charge in [0.15, 0.2) is 0 Å². The van der Waals surface area contributed by atoms with E-state index in [9.17, 15) is 5.26 Å². The maximum absolute atomic E-state index is 9.18. The van der Waals surface area contributed by atoms with Crippen molar-refractivity contribution in [3.05, 3.63) is 18.2 Å². The number of aryl methyl sites for hydroxylation is 1. The second-order valence-electron chi connectivity index (χ2n) is 4.05. The fraction of sp³-hybridized carbons (Fsp3) is 0.667. The van der Waals surface area contributed by atoms with Crippen LogP contribution in [0.25, 0.3) is 0 Å². The van der Waals surface area contributed by atoms with Gasteiger partial charge in [-0.25, -0.2) is 4.98 Å². The Morgan fingerprint density at radius 3 is 2.88 bits per heavy atom. The quantitative estimate of drug-likeness (QED) is 0.800. The molecule has 1 aromatic heterocycles. The Hall–Kier alpha value is -1.34. The molecule has 1 heterocycles. The van der Waals surface area contributed by atoms with E-state index >= 15 is 0 Å². The third-order valence-electron chi connectivity index (χ3n) is 2.70. The van der Waals surface area contributed by atoms with Gasteiger partial charge in [0, 0.05) is 12.6 Å². The molecule has 0 amide bonds. The second-order valence-corrected chi connectivity index (χ2v) is 4.05. The summed E-state index contributed by atoms with van der Waals surface area (Å²) in [6, 6.07) is 2.38. The van der Waals surface area contributed by atoms with E-state index in [-0.39, 0.29) is 6.04 Å². The third-order valence-corrected chi connectivity index (χ3v) is 2.70. The Balaban J connectivity index is 2.79. The number of aromatic nitrogens is 2. The Kier molecular flexibility index (Phi) is 5.00. The molecule has 4 nitrogen and oxygen atoms in total. The van der Waals surface area contributed by atoms with E-state index in [0.717, 1.165) is 25.1 Å². The van der Waals surface area contributed by atoms with E-state index in [1.54, 1.807) is 12.5 Å². The fourth-order valence-electron chi connectivity index (χ4n) is 1.59. The minimum absolute atomic E-state index is 0.260. The molecule has 0 spiro atoms. The van der Waals surface area contributed by atoms with Gasteiger partial charge in [-0.2, -0.15) is 5.26 Å². The van der Waals surface area contributed by atoms with E-state index in [0.29, 0.717) is 6.04 Å². The summed E-state index contributed by atoms with van der Waals surface area (Å²) in [7, 11) is 0. The molecule has 2 unspecified atom stereocenters. The molecule has 0 bridgehead atoms. The zero-order valence-corrected chi connectivity index (χ0v) is 10.3. The van der Waals surface area contributed by atoms with Crippen molar-refractivity contribution in [2.45, 2.75) is 52.2 Å². The maximum atomic E-state index is 9.18. The predicted octanol–water partition coefficient (Wildman–Crippen LogP) is 2.25.